The number of aromatic amines is 1. The van der Waals surface area contributed by atoms with E-state index in [0.717, 1.165) is 17.1 Å². The van der Waals surface area contributed by atoms with Gasteiger partial charge >= 0.3 is 0 Å². The van der Waals surface area contributed by atoms with Crippen molar-refractivity contribution >= 4 is 12.2 Å². The molecule has 0 aliphatic rings. The van der Waals surface area contributed by atoms with Gasteiger partial charge in [0, 0.05) is 13.2 Å². The predicted octanol–water partition coefficient (Wildman–Crippen LogP) is 2.33. The van der Waals surface area contributed by atoms with Crippen LogP contribution in [-0.4, -0.2) is 24.5 Å². The fraction of sp³-hybridized carbons (Fsp3) is 0.0833. The van der Waals surface area contributed by atoms with E-state index < -0.39 is 0 Å². The number of aryl methyl sites for hydroxylation is 1. The molecule has 2 aromatic heterocycles. The lowest BCUT2D eigenvalue weighted by Gasteiger charge is -1.98. The van der Waals surface area contributed by atoms with Crippen LogP contribution in [0.5, 0.6) is 0 Å². The monoisotopic (exact) mass is 257 g/mol. The second-order valence-corrected chi connectivity index (χ2v) is 4.29. The van der Waals surface area contributed by atoms with Crippen molar-refractivity contribution in [1.29, 1.82) is 0 Å². The molecule has 0 spiro atoms. The van der Waals surface area contributed by atoms with Crippen LogP contribution >= 0.6 is 12.2 Å². The van der Waals surface area contributed by atoms with Crippen molar-refractivity contribution in [2.45, 2.75) is 0 Å². The molecule has 0 aliphatic heterocycles. The molecule has 3 aromatic rings. The van der Waals surface area contributed by atoms with Gasteiger partial charge in [0.25, 0.3) is 0 Å². The first-order valence-corrected chi connectivity index (χ1v) is 5.88. The highest BCUT2D eigenvalue weighted by atomic mass is 32.1. The molecule has 18 heavy (non-hydrogen) atoms. The number of hydrogen-bond acceptors (Lipinski definition) is 3. The van der Waals surface area contributed by atoms with Crippen molar-refractivity contribution in [3.05, 3.63) is 47.5 Å². The van der Waals surface area contributed by atoms with Gasteiger partial charge in [-0.2, -0.15) is 10.1 Å². The maximum absolute atomic E-state index is 5.07. The van der Waals surface area contributed by atoms with Crippen LogP contribution < -0.4 is 0 Å². The summed E-state index contributed by atoms with van der Waals surface area (Å²) in [5.41, 5.74) is 1.92. The molecule has 1 N–H and O–H groups in total. The second kappa shape index (κ2) is 4.23. The van der Waals surface area contributed by atoms with Crippen LogP contribution in [0.25, 0.3) is 17.1 Å². The minimum Gasteiger partial charge on any atom is -0.279 e. The Bertz CT molecular complexity index is 722. The van der Waals surface area contributed by atoms with E-state index >= 15 is 0 Å². The Morgan fingerprint density at radius 1 is 1.22 bits per heavy atom. The topological polar surface area (TPSA) is 51.4 Å². The zero-order valence-corrected chi connectivity index (χ0v) is 10.6. The summed E-state index contributed by atoms with van der Waals surface area (Å²) in [5.74, 6) is 0.727. The fourth-order valence-electron chi connectivity index (χ4n) is 1.70. The van der Waals surface area contributed by atoms with Crippen LogP contribution in [0.2, 0.25) is 0 Å². The normalized spacial score (nSPS) is 10.7. The maximum atomic E-state index is 5.07. The molecule has 0 aliphatic carbocycles. The number of hydrogen-bond donors (Lipinski definition) is 1. The Kier molecular flexibility index (Phi) is 2.56. The zero-order valence-electron chi connectivity index (χ0n) is 9.74. The van der Waals surface area contributed by atoms with Gasteiger partial charge in [0.05, 0.1) is 17.4 Å². The SMILES string of the molecule is Cn1[nH]c(-c2cnn(-c3ccccc3)c2)nc1=S. The number of H-pyrrole nitrogens is 1. The average molecular weight is 257 g/mol. The minimum atomic E-state index is 0.525. The second-order valence-electron chi connectivity index (χ2n) is 3.92. The molecule has 0 amide bonds. The lowest BCUT2D eigenvalue weighted by Crippen LogP contribution is -1.92. The van der Waals surface area contributed by atoms with E-state index in [1.807, 2.05) is 43.6 Å². The lowest BCUT2D eigenvalue weighted by atomic mass is 10.3. The third-order valence-corrected chi connectivity index (χ3v) is 3.01. The molecule has 0 radical (unpaired) electrons. The van der Waals surface area contributed by atoms with E-state index in [4.69, 9.17) is 12.2 Å². The van der Waals surface area contributed by atoms with Gasteiger partial charge in [-0.25, -0.2) is 4.68 Å². The molecule has 0 fully saturated rings. The molecule has 0 saturated heterocycles. The zero-order chi connectivity index (χ0) is 12.5. The van der Waals surface area contributed by atoms with Gasteiger partial charge in [0.2, 0.25) is 4.77 Å². The molecular weight excluding hydrogens is 246 g/mol. The first kappa shape index (κ1) is 10.9. The summed E-state index contributed by atoms with van der Waals surface area (Å²) >= 11 is 5.07. The number of rotatable bonds is 2. The highest BCUT2D eigenvalue weighted by Crippen LogP contribution is 2.15. The van der Waals surface area contributed by atoms with Crippen LogP contribution in [0.1, 0.15) is 0 Å². The third-order valence-electron chi connectivity index (χ3n) is 2.64. The lowest BCUT2D eigenvalue weighted by molar-refractivity contribution is 0.756. The van der Waals surface area contributed by atoms with Crippen molar-refractivity contribution in [3.8, 4) is 17.1 Å². The van der Waals surface area contributed by atoms with Crippen molar-refractivity contribution in [3.63, 3.8) is 0 Å². The summed E-state index contributed by atoms with van der Waals surface area (Å²) in [6.45, 7) is 0. The van der Waals surface area contributed by atoms with Crippen molar-refractivity contribution < 1.29 is 0 Å². The van der Waals surface area contributed by atoms with Crippen molar-refractivity contribution in [1.82, 2.24) is 24.5 Å². The third kappa shape index (κ3) is 1.86. The summed E-state index contributed by atoms with van der Waals surface area (Å²) in [7, 11) is 1.83. The quantitative estimate of drug-likeness (QED) is 0.717. The summed E-state index contributed by atoms with van der Waals surface area (Å²) in [6.07, 6.45) is 3.68. The van der Waals surface area contributed by atoms with Gasteiger partial charge in [-0.3, -0.25) is 9.78 Å². The van der Waals surface area contributed by atoms with E-state index in [2.05, 4.69) is 15.2 Å². The molecule has 1 aromatic carbocycles. The van der Waals surface area contributed by atoms with Crippen LogP contribution in [0.3, 0.4) is 0 Å². The Hall–Kier alpha value is -2.21. The Morgan fingerprint density at radius 3 is 2.67 bits per heavy atom. The van der Waals surface area contributed by atoms with Gasteiger partial charge in [-0.1, -0.05) is 18.2 Å². The summed E-state index contributed by atoms with van der Waals surface area (Å²) < 4.78 is 4.03. The Morgan fingerprint density at radius 2 is 2.00 bits per heavy atom. The molecule has 0 unspecified atom stereocenters. The van der Waals surface area contributed by atoms with E-state index in [-0.39, 0.29) is 0 Å². The largest absolute Gasteiger partial charge is 0.279 e. The predicted molar refractivity (Wildman–Crippen MR) is 71.0 cm³/mol. The van der Waals surface area contributed by atoms with Gasteiger partial charge in [-0.05, 0) is 24.4 Å². The molecule has 90 valence electrons. The first-order valence-electron chi connectivity index (χ1n) is 5.47. The molecule has 5 nitrogen and oxygen atoms in total. The van der Waals surface area contributed by atoms with Gasteiger partial charge in [0.15, 0.2) is 5.82 Å². The highest BCUT2D eigenvalue weighted by molar-refractivity contribution is 7.71. The number of benzene rings is 1. The van der Waals surface area contributed by atoms with Crippen LogP contribution in [0.15, 0.2) is 42.7 Å². The number of para-hydroxylation sites is 1. The number of nitrogens with one attached hydrogen (secondary N) is 1. The first-order chi connectivity index (χ1) is 8.74. The highest BCUT2D eigenvalue weighted by Gasteiger charge is 2.06. The van der Waals surface area contributed by atoms with E-state index in [1.165, 1.54) is 0 Å². The number of nitrogens with zero attached hydrogens (tertiary/aromatic N) is 4. The standard InChI is InChI=1S/C12H11N5S/c1-16-12(18)14-11(15-16)9-7-13-17(8-9)10-5-3-2-4-6-10/h2-8H,1H3,(H,14,15,18). The van der Waals surface area contributed by atoms with Crippen LogP contribution in [0, 0.1) is 4.77 Å². The summed E-state index contributed by atoms with van der Waals surface area (Å²) in [4.78, 5) is 4.26. The van der Waals surface area contributed by atoms with Crippen LogP contribution in [-0.2, 0) is 7.05 Å². The molecular formula is C12H11N5S. The van der Waals surface area contributed by atoms with E-state index in [1.54, 1.807) is 15.6 Å². The van der Waals surface area contributed by atoms with E-state index in [9.17, 15) is 0 Å². The number of aromatic nitrogens is 5. The Labute approximate surface area is 109 Å². The molecule has 0 bridgehead atoms. The molecule has 2 heterocycles. The van der Waals surface area contributed by atoms with Crippen LogP contribution in [0.4, 0.5) is 0 Å². The van der Waals surface area contributed by atoms with Gasteiger partial charge < -0.3 is 0 Å². The smallest absolute Gasteiger partial charge is 0.216 e. The molecule has 0 saturated carbocycles. The molecule has 3 rings (SSSR count). The van der Waals surface area contributed by atoms with E-state index in [0.29, 0.717) is 4.77 Å². The maximum Gasteiger partial charge on any atom is 0.216 e. The van der Waals surface area contributed by atoms with Gasteiger partial charge in [0.1, 0.15) is 0 Å². The van der Waals surface area contributed by atoms with Crippen molar-refractivity contribution in [2.75, 3.05) is 0 Å². The molecule has 6 heteroatoms. The average Bonchev–Trinajstić information content (AvgIpc) is 2.99. The van der Waals surface area contributed by atoms with Gasteiger partial charge in [-0.15, -0.1) is 0 Å². The van der Waals surface area contributed by atoms with Crippen molar-refractivity contribution in [2.24, 2.45) is 7.05 Å². The fourth-order valence-corrected chi connectivity index (χ4v) is 1.84. The Balaban J connectivity index is 2.02. The summed E-state index contributed by atoms with van der Waals surface area (Å²) in [6, 6.07) is 9.93. The molecule has 0 atom stereocenters. The minimum absolute atomic E-state index is 0.525. The summed E-state index contributed by atoms with van der Waals surface area (Å²) in [5, 5.41) is 7.39.